The van der Waals surface area contributed by atoms with E-state index in [1.807, 2.05) is 23.4 Å². The van der Waals surface area contributed by atoms with Crippen LogP contribution in [-0.4, -0.2) is 45.3 Å². The zero-order valence-corrected chi connectivity index (χ0v) is 14.7. The summed E-state index contributed by atoms with van der Waals surface area (Å²) in [6.07, 6.45) is 5.39. The molecule has 1 saturated carbocycles. The smallest absolute Gasteiger partial charge is 0.273 e. The Bertz CT molecular complexity index is 708. The minimum Gasteiger partial charge on any atom is -0.379 e. The molecular weight excluding hydrogens is 324 g/mol. The molecule has 6 nitrogen and oxygen atoms in total. The molecule has 2 aromatic heterocycles. The van der Waals surface area contributed by atoms with Crippen molar-refractivity contribution in [3.05, 3.63) is 34.0 Å². The van der Waals surface area contributed by atoms with Gasteiger partial charge in [0.2, 0.25) is 0 Å². The first-order chi connectivity index (χ1) is 11.8. The Morgan fingerprint density at radius 3 is 3.04 bits per heavy atom. The summed E-state index contributed by atoms with van der Waals surface area (Å²) in [6.45, 7) is 4.78. The van der Waals surface area contributed by atoms with Crippen LogP contribution in [0, 0.1) is 5.92 Å². The van der Waals surface area contributed by atoms with Gasteiger partial charge in [0.25, 0.3) is 5.91 Å². The zero-order chi connectivity index (χ0) is 16.5. The number of ether oxygens (including phenoxy) is 1. The lowest BCUT2D eigenvalue weighted by atomic mass is 9.99. The van der Waals surface area contributed by atoms with E-state index in [2.05, 4.69) is 14.8 Å². The Morgan fingerprint density at radius 2 is 2.33 bits per heavy atom. The molecule has 1 aliphatic heterocycles. The SMILES string of the molecule is CCOCC1c2c(cnn2CC2CC2)CCN1C(=O)c1cscn1. The molecule has 24 heavy (non-hydrogen) atoms. The normalized spacial score (nSPS) is 20.2. The van der Waals surface area contributed by atoms with E-state index in [4.69, 9.17) is 4.74 Å². The van der Waals surface area contributed by atoms with Gasteiger partial charge in [0, 0.05) is 25.1 Å². The number of carbonyl (C=O) groups is 1. The monoisotopic (exact) mass is 346 g/mol. The van der Waals surface area contributed by atoms with Gasteiger partial charge in [0.05, 0.1) is 30.1 Å². The van der Waals surface area contributed by atoms with E-state index in [1.165, 1.54) is 29.7 Å². The van der Waals surface area contributed by atoms with Crippen LogP contribution in [0.15, 0.2) is 17.1 Å². The van der Waals surface area contributed by atoms with E-state index >= 15 is 0 Å². The van der Waals surface area contributed by atoms with E-state index < -0.39 is 0 Å². The number of carbonyl (C=O) groups excluding carboxylic acids is 1. The fourth-order valence-corrected chi connectivity index (χ4v) is 3.88. The molecule has 0 saturated heterocycles. The molecule has 1 amide bonds. The van der Waals surface area contributed by atoms with Gasteiger partial charge in [-0.05, 0) is 37.7 Å². The van der Waals surface area contributed by atoms with Crippen molar-refractivity contribution in [2.24, 2.45) is 5.92 Å². The number of fused-ring (bicyclic) bond motifs is 1. The number of aromatic nitrogens is 3. The number of amides is 1. The molecule has 7 heteroatoms. The van der Waals surface area contributed by atoms with Gasteiger partial charge in [-0.3, -0.25) is 9.48 Å². The summed E-state index contributed by atoms with van der Waals surface area (Å²) < 4.78 is 7.83. The molecule has 0 radical (unpaired) electrons. The molecule has 1 aliphatic carbocycles. The van der Waals surface area contributed by atoms with Gasteiger partial charge in [-0.2, -0.15) is 5.10 Å². The molecule has 1 atom stereocenters. The summed E-state index contributed by atoms with van der Waals surface area (Å²) in [7, 11) is 0. The summed E-state index contributed by atoms with van der Waals surface area (Å²) >= 11 is 1.45. The molecular formula is C17H22N4O2S. The van der Waals surface area contributed by atoms with Crippen molar-refractivity contribution in [3.8, 4) is 0 Å². The Balaban J connectivity index is 1.65. The first-order valence-electron chi connectivity index (χ1n) is 8.59. The minimum atomic E-state index is -0.0795. The predicted octanol–water partition coefficient (Wildman–Crippen LogP) is 2.53. The number of hydrogen-bond acceptors (Lipinski definition) is 5. The molecule has 128 valence electrons. The van der Waals surface area contributed by atoms with E-state index in [-0.39, 0.29) is 11.9 Å². The largest absolute Gasteiger partial charge is 0.379 e. The molecule has 1 fully saturated rings. The molecule has 4 rings (SSSR count). The predicted molar refractivity (Wildman–Crippen MR) is 91.0 cm³/mol. The van der Waals surface area contributed by atoms with Crippen molar-refractivity contribution in [3.63, 3.8) is 0 Å². The molecule has 0 spiro atoms. The second kappa shape index (κ2) is 6.64. The highest BCUT2D eigenvalue weighted by Gasteiger charge is 2.36. The molecule has 1 unspecified atom stereocenters. The van der Waals surface area contributed by atoms with Crippen molar-refractivity contribution in [2.45, 2.75) is 38.8 Å². The van der Waals surface area contributed by atoms with Crippen LogP contribution in [0.25, 0.3) is 0 Å². The van der Waals surface area contributed by atoms with Crippen LogP contribution in [0.4, 0.5) is 0 Å². The third-order valence-electron chi connectivity index (χ3n) is 4.79. The van der Waals surface area contributed by atoms with Crippen molar-refractivity contribution in [2.75, 3.05) is 19.8 Å². The lowest BCUT2D eigenvalue weighted by Gasteiger charge is -2.36. The van der Waals surface area contributed by atoms with Crippen LogP contribution in [0.3, 0.4) is 0 Å². The van der Waals surface area contributed by atoms with Gasteiger partial charge in [-0.25, -0.2) is 4.98 Å². The Hall–Kier alpha value is -1.73. The van der Waals surface area contributed by atoms with Gasteiger partial charge < -0.3 is 9.64 Å². The lowest BCUT2D eigenvalue weighted by Crippen LogP contribution is -2.43. The summed E-state index contributed by atoms with van der Waals surface area (Å²) in [4.78, 5) is 19.0. The number of nitrogens with zero attached hydrogens (tertiary/aromatic N) is 4. The Kier molecular flexibility index (Phi) is 4.37. The second-order valence-electron chi connectivity index (χ2n) is 6.48. The third-order valence-corrected chi connectivity index (χ3v) is 5.38. The number of hydrogen-bond donors (Lipinski definition) is 0. The molecule has 0 aromatic carbocycles. The van der Waals surface area contributed by atoms with Crippen molar-refractivity contribution < 1.29 is 9.53 Å². The fourth-order valence-electron chi connectivity index (χ4n) is 3.35. The lowest BCUT2D eigenvalue weighted by molar-refractivity contribution is 0.0394. The zero-order valence-electron chi connectivity index (χ0n) is 13.9. The first kappa shape index (κ1) is 15.8. The van der Waals surface area contributed by atoms with E-state index in [0.717, 1.165) is 24.6 Å². The maximum absolute atomic E-state index is 12.9. The summed E-state index contributed by atoms with van der Waals surface area (Å²) in [6, 6.07) is -0.0795. The Labute approximate surface area is 145 Å². The summed E-state index contributed by atoms with van der Waals surface area (Å²) in [5, 5.41) is 6.42. The van der Waals surface area contributed by atoms with Gasteiger partial charge in [-0.1, -0.05) is 0 Å². The fraction of sp³-hybridized carbons (Fsp3) is 0.588. The molecule has 2 aliphatic rings. The van der Waals surface area contributed by atoms with E-state index in [0.29, 0.717) is 25.5 Å². The first-order valence-corrected chi connectivity index (χ1v) is 9.53. The molecule has 0 bridgehead atoms. The third kappa shape index (κ3) is 2.98. The number of rotatable bonds is 6. The average Bonchev–Trinajstić information content (AvgIpc) is 3.09. The van der Waals surface area contributed by atoms with Gasteiger partial charge in [0.1, 0.15) is 5.69 Å². The van der Waals surface area contributed by atoms with Crippen molar-refractivity contribution in [1.29, 1.82) is 0 Å². The summed E-state index contributed by atoms with van der Waals surface area (Å²) in [5.41, 5.74) is 4.64. The Morgan fingerprint density at radius 1 is 1.46 bits per heavy atom. The van der Waals surface area contributed by atoms with E-state index in [1.54, 1.807) is 5.51 Å². The van der Waals surface area contributed by atoms with Gasteiger partial charge in [0.15, 0.2) is 0 Å². The van der Waals surface area contributed by atoms with Crippen LogP contribution in [-0.2, 0) is 17.7 Å². The van der Waals surface area contributed by atoms with Crippen molar-refractivity contribution in [1.82, 2.24) is 19.7 Å². The van der Waals surface area contributed by atoms with E-state index in [9.17, 15) is 4.79 Å². The summed E-state index contributed by atoms with van der Waals surface area (Å²) in [5.74, 6) is 0.733. The van der Waals surface area contributed by atoms with Crippen LogP contribution in [0.2, 0.25) is 0 Å². The highest BCUT2D eigenvalue weighted by molar-refractivity contribution is 7.07. The molecule has 3 heterocycles. The topological polar surface area (TPSA) is 60.2 Å². The van der Waals surface area contributed by atoms with Gasteiger partial charge in [-0.15, -0.1) is 11.3 Å². The highest BCUT2D eigenvalue weighted by atomic mass is 32.1. The molecule has 2 aromatic rings. The highest BCUT2D eigenvalue weighted by Crippen LogP contribution is 2.35. The maximum Gasteiger partial charge on any atom is 0.273 e. The van der Waals surface area contributed by atoms with Crippen LogP contribution in [0.5, 0.6) is 0 Å². The maximum atomic E-state index is 12.9. The standard InChI is InChI=1S/C17H22N4O2S/c1-2-23-9-15-16-13(7-19-21(16)8-12-3-4-12)5-6-20(15)17(22)14-10-24-11-18-14/h7,10-12,15H,2-6,8-9H2,1H3. The van der Waals surface area contributed by atoms with Crippen LogP contribution >= 0.6 is 11.3 Å². The molecule has 0 N–H and O–H groups in total. The quantitative estimate of drug-likeness (QED) is 0.806. The van der Waals surface area contributed by atoms with Crippen LogP contribution in [0.1, 0.15) is 47.6 Å². The van der Waals surface area contributed by atoms with Crippen LogP contribution < -0.4 is 0 Å². The number of thiazole rings is 1. The second-order valence-corrected chi connectivity index (χ2v) is 7.20. The minimum absolute atomic E-state index is 0.00854. The van der Waals surface area contributed by atoms with Crippen molar-refractivity contribution >= 4 is 17.2 Å². The van der Waals surface area contributed by atoms with Gasteiger partial charge >= 0.3 is 0 Å². The average molecular weight is 346 g/mol.